The largest absolute Gasteiger partial charge is 0.434 e. The number of carbonyl (C=O) groups is 2. The number of hydrogen-bond donors (Lipinski definition) is 1. The van der Waals surface area contributed by atoms with Crippen molar-refractivity contribution in [1.29, 1.82) is 0 Å². The van der Waals surface area contributed by atoms with E-state index in [4.69, 9.17) is 9.15 Å². The summed E-state index contributed by atoms with van der Waals surface area (Å²) in [5.74, 6) is -1.18. The van der Waals surface area contributed by atoms with Crippen molar-refractivity contribution in [1.82, 2.24) is 10.3 Å². The highest BCUT2D eigenvalue weighted by atomic mass is 32.2. The Morgan fingerprint density at radius 1 is 1.52 bits per heavy atom. The summed E-state index contributed by atoms with van der Waals surface area (Å²) >= 11 is 0. The van der Waals surface area contributed by atoms with Crippen molar-refractivity contribution in [3.8, 4) is 0 Å². The molecule has 1 saturated heterocycles. The number of anilines is 1. The van der Waals surface area contributed by atoms with E-state index >= 15 is 0 Å². The summed E-state index contributed by atoms with van der Waals surface area (Å²) < 4.78 is 35.7. The molecule has 0 bridgehead atoms. The number of rotatable bonds is 3. The van der Waals surface area contributed by atoms with Crippen LogP contribution in [0.4, 0.5) is 14.9 Å². The summed E-state index contributed by atoms with van der Waals surface area (Å²) in [6, 6.07) is 2.47. The fraction of sp³-hybridized carbons (Fsp3) is 0.308. The van der Waals surface area contributed by atoms with Crippen LogP contribution >= 0.6 is 0 Å². The minimum atomic E-state index is -1.50. The van der Waals surface area contributed by atoms with Crippen molar-refractivity contribution >= 4 is 39.6 Å². The average molecular weight is 341 g/mol. The summed E-state index contributed by atoms with van der Waals surface area (Å²) in [7, 11) is -0.0791. The summed E-state index contributed by atoms with van der Waals surface area (Å²) in [6.45, 7) is -0.0514. The van der Waals surface area contributed by atoms with Gasteiger partial charge in [0.15, 0.2) is 17.5 Å². The van der Waals surface area contributed by atoms with Crippen molar-refractivity contribution < 1.29 is 27.3 Å². The molecule has 1 aliphatic heterocycles. The third-order valence-electron chi connectivity index (χ3n) is 3.32. The van der Waals surface area contributed by atoms with Gasteiger partial charge in [-0.2, -0.15) is 4.98 Å². The standard InChI is InChI=1S/C13H12FN3O5S/c1-15-11(18)9-5-17(13(19)22-9)6-3-7(14)10-8(4-6)21-12(16-10)23(2)20/h3-4,9H,5H2,1-2H3,(H,15,18)/t9-,23?/m1/s1. The number of cyclic esters (lactones) is 1. The number of halogens is 1. The quantitative estimate of drug-likeness (QED) is 0.885. The lowest BCUT2D eigenvalue weighted by Gasteiger charge is -2.12. The molecule has 10 heteroatoms. The zero-order valence-corrected chi connectivity index (χ0v) is 13.0. The smallest absolute Gasteiger partial charge is 0.415 e. The maximum Gasteiger partial charge on any atom is 0.415 e. The predicted molar refractivity (Wildman–Crippen MR) is 78.0 cm³/mol. The fourth-order valence-electron chi connectivity index (χ4n) is 2.20. The Kier molecular flexibility index (Phi) is 3.76. The van der Waals surface area contributed by atoms with Gasteiger partial charge in [-0.25, -0.2) is 13.4 Å². The molecular formula is C13H12FN3O5S. The van der Waals surface area contributed by atoms with E-state index in [0.717, 1.165) is 11.0 Å². The van der Waals surface area contributed by atoms with E-state index < -0.39 is 34.7 Å². The third kappa shape index (κ3) is 2.65. The summed E-state index contributed by atoms with van der Waals surface area (Å²) in [6.07, 6.45) is -0.383. The molecule has 1 aromatic carbocycles. The van der Waals surface area contributed by atoms with Gasteiger partial charge in [0.25, 0.3) is 11.1 Å². The first-order valence-corrected chi connectivity index (χ1v) is 8.09. The minimum absolute atomic E-state index is 0.0514. The molecule has 23 heavy (non-hydrogen) atoms. The first kappa shape index (κ1) is 15.4. The highest BCUT2D eigenvalue weighted by molar-refractivity contribution is 7.84. The molecular weight excluding hydrogens is 329 g/mol. The Morgan fingerprint density at radius 3 is 2.91 bits per heavy atom. The summed E-state index contributed by atoms with van der Waals surface area (Å²) in [5.41, 5.74) is 0.145. The van der Waals surface area contributed by atoms with Crippen LogP contribution in [0.3, 0.4) is 0 Å². The molecule has 8 nitrogen and oxygen atoms in total. The lowest BCUT2D eigenvalue weighted by atomic mass is 10.2. The zero-order valence-electron chi connectivity index (χ0n) is 12.2. The van der Waals surface area contributed by atoms with E-state index in [-0.39, 0.29) is 28.6 Å². The number of nitrogens with one attached hydrogen (secondary N) is 1. The highest BCUT2D eigenvalue weighted by Gasteiger charge is 2.37. The van der Waals surface area contributed by atoms with Crippen molar-refractivity contribution in [3.05, 3.63) is 17.9 Å². The molecule has 2 amide bonds. The van der Waals surface area contributed by atoms with Gasteiger partial charge >= 0.3 is 6.09 Å². The Bertz CT molecular complexity index is 836. The van der Waals surface area contributed by atoms with Gasteiger partial charge in [-0.1, -0.05) is 0 Å². The van der Waals surface area contributed by atoms with E-state index in [9.17, 15) is 18.2 Å². The maximum absolute atomic E-state index is 14.1. The molecule has 1 unspecified atom stereocenters. The molecule has 2 heterocycles. The normalized spacial score (nSPS) is 19.0. The Hall–Kier alpha value is -2.49. The Balaban J connectivity index is 1.98. The number of nitrogens with zero attached hydrogens (tertiary/aromatic N) is 2. The van der Waals surface area contributed by atoms with Crippen LogP contribution in [0.2, 0.25) is 0 Å². The number of carbonyl (C=O) groups excluding carboxylic acids is 2. The second-order valence-corrected chi connectivity index (χ2v) is 6.06. The molecule has 0 spiro atoms. The number of benzene rings is 1. The summed E-state index contributed by atoms with van der Waals surface area (Å²) in [5, 5.41) is 2.27. The van der Waals surface area contributed by atoms with Gasteiger partial charge in [-0.3, -0.25) is 9.69 Å². The second-order valence-electron chi connectivity index (χ2n) is 4.81. The van der Waals surface area contributed by atoms with Gasteiger partial charge in [-0.15, -0.1) is 0 Å². The molecule has 1 aromatic heterocycles. The number of fused-ring (bicyclic) bond motifs is 1. The van der Waals surface area contributed by atoms with Crippen molar-refractivity contribution in [2.24, 2.45) is 0 Å². The molecule has 122 valence electrons. The van der Waals surface area contributed by atoms with E-state index in [1.165, 1.54) is 19.4 Å². The van der Waals surface area contributed by atoms with Gasteiger partial charge in [0.1, 0.15) is 16.3 Å². The van der Waals surface area contributed by atoms with E-state index in [0.29, 0.717) is 0 Å². The molecule has 1 N–H and O–H groups in total. The van der Waals surface area contributed by atoms with Crippen LogP contribution < -0.4 is 10.2 Å². The molecule has 1 fully saturated rings. The number of ether oxygens (including phenoxy) is 1. The highest BCUT2D eigenvalue weighted by Crippen LogP contribution is 2.29. The number of aromatic nitrogens is 1. The van der Waals surface area contributed by atoms with Crippen LogP contribution in [0.1, 0.15) is 0 Å². The van der Waals surface area contributed by atoms with Crippen molar-refractivity contribution in [2.45, 2.75) is 11.3 Å². The van der Waals surface area contributed by atoms with Crippen molar-refractivity contribution in [2.75, 3.05) is 24.7 Å². The lowest BCUT2D eigenvalue weighted by molar-refractivity contribution is -0.127. The van der Waals surface area contributed by atoms with Gasteiger partial charge < -0.3 is 14.5 Å². The predicted octanol–water partition coefficient (Wildman–Crippen LogP) is 0.775. The number of likely N-dealkylation sites (N-methyl/N-ethyl adjacent to an activating group) is 1. The van der Waals surface area contributed by atoms with Gasteiger partial charge in [0, 0.05) is 25.4 Å². The molecule has 2 atom stereocenters. The molecule has 0 radical (unpaired) electrons. The number of hydrogen-bond acceptors (Lipinski definition) is 6. The lowest BCUT2D eigenvalue weighted by Crippen LogP contribution is -2.35. The number of amides is 2. The molecule has 1 aliphatic rings. The maximum atomic E-state index is 14.1. The van der Waals surface area contributed by atoms with Crippen LogP contribution in [0, 0.1) is 5.82 Å². The molecule has 3 rings (SSSR count). The first-order valence-electron chi connectivity index (χ1n) is 6.54. The third-order valence-corrected chi connectivity index (χ3v) is 3.99. The average Bonchev–Trinajstić information content (AvgIpc) is 3.10. The van der Waals surface area contributed by atoms with Crippen LogP contribution in [0.25, 0.3) is 11.1 Å². The second kappa shape index (κ2) is 5.61. The van der Waals surface area contributed by atoms with Crippen molar-refractivity contribution in [3.63, 3.8) is 0 Å². The molecule has 0 saturated carbocycles. The van der Waals surface area contributed by atoms with E-state index in [2.05, 4.69) is 10.3 Å². The molecule has 0 aliphatic carbocycles. The SMILES string of the molecule is CNC(=O)[C@H]1CN(c2cc(F)c3nc(S(C)=O)oc3c2)C(=O)O1. The monoisotopic (exact) mass is 341 g/mol. The van der Waals surface area contributed by atoms with E-state index in [1.807, 2.05) is 0 Å². The summed E-state index contributed by atoms with van der Waals surface area (Å²) in [4.78, 5) is 28.3. The van der Waals surface area contributed by atoms with Gasteiger partial charge in [0.05, 0.1) is 12.2 Å². The zero-order chi connectivity index (χ0) is 16.7. The topological polar surface area (TPSA) is 102 Å². The Morgan fingerprint density at radius 2 is 2.26 bits per heavy atom. The fourth-order valence-corrected chi connectivity index (χ4v) is 2.63. The number of oxazole rings is 1. The van der Waals surface area contributed by atoms with Crippen LogP contribution in [-0.2, 0) is 20.3 Å². The Labute approximate surface area is 132 Å². The van der Waals surface area contributed by atoms with E-state index in [1.54, 1.807) is 0 Å². The minimum Gasteiger partial charge on any atom is -0.434 e. The van der Waals surface area contributed by atoms with Gasteiger partial charge in [-0.05, 0) is 0 Å². The van der Waals surface area contributed by atoms with Crippen LogP contribution in [0.15, 0.2) is 21.8 Å². The van der Waals surface area contributed by atoms with Gasteiger partial charge in [0.2, 0.25) is 0 Å². The molecule has 2 aromatic rings. The van der Waals surface area contributed by atoms with Crippen LogP contribution in [-0.4, -0.2) is 47.1 Å². The van der Waals surface area contributed by atoms with Crippen LogP contribution in [0.5, 0.6) is 0 Å². The first-order chi connectivity index (χ1) is 10.9.